The Hall–Kier alpha value is -1.27. The van der Waals surface area contributed by atoms with Crippen molar-refractivity contribution in [2.75, 3.05) is 39.8 Å². The van der Waals surface area contributed by atoms with Crippen LogP contribution >= 0.6 is 15.9 Å². The van der Waals surface area contributed by atoms with Gasteiger partial charge in [0.05, 0.1) is 13.2 Å². The predicted molar refractivity (Wildman–Crippen MR) is 129 cm³/mol. The number of nitrogens with zero attached hydrogens (tertiary/aromatic N) is 2. The molecule has 2 aliphatic rings. The minimum absolute atomic E-state index is 0.174. The second kappa shape index (κ2) is 12.1. The summed E-state index contributed by atoms with van der Waals surface area (Å²) in [4.78, 5) is 16.1. The Labute approximate surface area is 196 Å². The first kappa shape index (κ1) is 24.4. The fourth-order valence-electron chi connectivity index (χ4n) is 4.92. The summed E-state index contributed by atoms with van der Waals surface area (Å²) in [7, 11) is 1.47. The van der Waals surface area contributed by atoms with Crippen LogP contribution in [0.3, 0.4) is 0 Å². The highest BCUT2D eigenvalue weighted by molar-refractivity contribution is 9.10. The number of carbonyl (C=O) groups is 1. The maximum absolute atomic E-state index is 11.6. The van der Waals surface area contributed by atoms with Crippen LogP contribution in [0.2, 0.25) is 0 Å². The van der Waals surface area contributed by atoms with Crippen LogP contribution in [0.4, 0.5) is 4.79 Å². The molecule has 31 heavy (non-hydrogen) atoms. The van der Waals surface area contributed by atoms with E-state index in [0.717, 1.165) is 49.9 Å². The summed E-state index contributed by atoms with van der Waals surface area (Å²) in [5, 5.41) is 0. The van der Waals surface area contributed by atoms with Gasteiger partial charge in [0.1, 0.15) is 5.75 Å². The lowest BCUT2D eigenvalue weighted by Crippen LogP contribution is -2.38. The molecule has 0 aliphatic carbocycles. The van der Waals surface area contributed by atoms with E-state index in [1.54, 1.807) is 0 Å². The van der Waals surface area contributed by atoms with Crippen molar-refractivity contribution >= 4 is 22.0 Å². The zero-order chi connectivity index (χ0) is 22.2. The number of likely N-dealkylation sites (tertiary alicyclic amines) is 2. The van der Waals surface area contributed by atoms with E-state index in [-0.39, 0.29) is 12.2 Å². The van der Waals surface area contributed by atoms with Crippen molar-refractivity contribution in [2.24, 2.45) is 11.8 Å². The lowest BCUT2D eigenvalue weighted by Gasteiger charge is -2.33. The van der Waals surface area contributed by atoms with Crippen molar-refractivity contribution in [1.29, 1.82) is 0 Å². The molecular formula is C25H39BrN2O3. The Kier molecular flexibility index (Phi) is 9.51. The quantitative estimate of drug-likeness (QED) is 0.461. The third kappa shape index (κ3) is 7.67. The van der Waals surface area contributed by atoms with Crippen LogP contribution in [-0.4, -0.2) is 61.8 Å². The molecule has 174 valence electrons. The average Bonchev–Trinajstić information content (AvgIpc) is 2.77. The SMILES string of the molecule is COC(=O)N1CCC(CCCN2CCC(Cc3cc(OC(C)C)ccc3Br)CC2)CC1. The normalized spacial score (nSPS) is 19.1. The van der Waals surface area contributed by atoms with Crippen LogP contribution in [-0.2, 0) is 11.2 Å². The van der Waals surface area contributed by atoms with Crippen molar-refractivity contribution in [1.82, 2.24) is 9.80 Å². The van der Waals surface area contributed by atoms with Crippen molar-refractivity contribution in [2.45, 2.75) is 64.9 Å². The minimum Gasteiger partial charge on any atom is -0.491 e. The molecule has 2 aliphatic heterocycles. The number of piperidine rings is 2. The number of methoxy groups -OCH3 is 1. The van der Waals surface area contributed by atoms with E-state index in [0.29, 0.717) is 0 Å². The van der Waals surface area contributed by atoms with Gasteiger partial charge in [0, 0.05) is 17.6 Å². The first-order valence-electron chi connectivity index (χ1n) is 11.9. The van der Waals surface area contributed by atoms with E-state index >= 15 is 0 Å². The minimum atomic E-state index is -0.174. The van der Waals surface area contributed by atoms with Crippen LogP contribution in [0, 0.1) is 11.8 Å². The van der Waals surface area contributed by atoms with Gasteiger partial charge in [0.2, 0.25) is 0 Å². The molecule has 0 bridgehead atoms. The third-order valence-corrected chi connectivity index (χ3v) is 7.51. The number of hydrogen-bond acceptors (Lipinski definition) is 4. The molecule has 0 N–H and O–H groups in total. The highest BCUT2D eigenvalue weighted by Gasteiger charge is 2.24. The van der Waals surface area contributed by atoms with Gasteiger partial charge in [-0.3, -0.25) is 0 Å². The molecule has 0 radical (unpaired) electrons. The average molecular weight is 496 g/mol. The van der Waals surface area contributed by atoms with Crippen LogP contribution in [0.15, 0.2) is 22.7 Å². The summed E-state index contributed by atoms with van der Waals surface area (Å²) in [6.45, 7) is 9.48. The maximum atomic E-state index is 11.6. The number of rotatable bonds is 8. The Bertz CT molecular complexity index is 696. The number of amides is 1. The van der Waals surface area contributed by atoms with E-state index in [1.165, 1.54) is 62.5 Å². The second-order valence-electron chi connectivity index (χ2n) is 9.45. The zero-order valence-electron chi connectivity index (χ0n) is 19.4. The van der Waals surface area contributed by atoms with Crippen molar-refractivity contribution in [3.63, 3.8) is 0 Å². The molecule has 0 unspecified atom stereocenters. The molecule has 6 heteroatoms. The number of carbonyl (C=O) groups excluding carboxylic acids is 1. The Balaban J connectivity index is 1.34. The molecule has 1 amide bonds. The lowest BCUT2D eigenvalue weighted by atomic mass is 9.89. The van der Waals surface area contributed by atoms with E-state index in [2.05, 4.69) is 52.9 Å². The highest BCUT2D eigenvalue weighted by atomic mass is 79.9. The van der Waals surface area contributed by atoms with E-state index < -0.39 is 0 Å². The Morgan fingerprint density at radius 1 is 1.10 bits per heavy atom. The van der Waals surface area contributed by atoms with Crippen LogP contribution in [0.1, 0.15) is 57.9 Å². The molecule has 0 spiro atoms. The first-order valence-corrected chi connectivity index (χ1v) is 12.7. The van der Waals surface area contributed by atoms with Gasteiger partial charge in [-0.1, -0.05) is 15.9 Å². The van der Waals surface area contributed by atoms with Crippen LogP contribution in [0.5, 0.6) is 5.75 Å². The van der Waals surface area contributed by atoms with Gasteiger partial charge in [-0.25, -0.2) is 4.79 Å². The van der Waals surface area contributed by atoms with Crippen molar-refractivity contribution < 1.29 is 14.3 Å². The summed E-state index contributed by atoms with van der Waals surface area (Å²) >= 11 is 3.73. The molecule has 0 saturated carbocycles. The highest BCUT2D eigenvalue weighted by Crippen LogP contribution is 2.29. The molecule has 2 heterocycles. The first-order chi connectivity index (χ1) is 14.9. The summed E-state index contributed by atoms with van der Waals surface area (Å²) < 4.78 is 11.9. The lowest BCUT2D eigenvalue weighted by molar-refractivity contribution is 0.103. The van der Waals surface area contributed by atoms with E-state index in [1.807, 2.05) is 4.90 Å². The van der Waals surface area contributed by atoms with Crippen molar-refractivity contribution in [3.8, 4) is 5.75 Å². The fourth-order valence-corrected chi connectivity index (χ4v) is 5.32. The standard InChI is InChI=1S/C25H39BrN2O3/c1-19(2)31-23-6-7-24(26)22(18-23)17-21-8-13-27(14-9-21)12-4-5-20-10-15-28(16-11-20)25(29)30-3/h6-7,18-21H,4-5,8-17H2,1-3H3. The van der Waals surface area contributed by atoms with Crippen LogP contribution < -0.4 is 4.74 Å². The number of benzene rings is 1. The van der Waals surface area contributed by atoms with E-state index in [4.69, 9.17) is 9.47 Å². The van der Waals surface area contributed by atoms with Gasteiger partial charge in [-0.15, -0.1) is 0 Å². The molecule has 1 aromatic carbocycles. The molecule has 0 atom stereocenters. The molecule has 5 nitrogen and oxygen atoms in total. The zero-order valence-corrected chi connectivity index (χ0v) is 21.0. The van der Waals surface area contributed by atoms with Crippen molar-refractivity contribution in [3.05, 3.63) is 28.2 Å². The molecular weight excluding hydrogens is 456 g/mol. The van der Waals surface area contributed by atoms with Gasteiger partial charge >= 0.3 is 6.09 Å². The van der Waals surface area contributed by atoms with Gasteiger partial charge in [-0.2, -0.15) is 0 Å². The number of halogens is 1. The maximum Gasteiger partial charge on any atom is 0.409 e. The third-order valence-electron chi connectivity index (χ3n) is 6.74. The molecule has 2 saturated heterocycles. The summed E-state index contributed by atoms with van der Waals surface area (Å²) in [5.41, 5.74) is 1.37. The van der Waals surface area contributed by atoms with Gasteiger partial charge < -0.3 is 19.3 Å². The smallest absolute Gasteiger partial charge is 0.409 e. The monoisotopic (exact) mass is 494 g/mol. The molecule has 1 aromatic rings. The molecule has 2 fully saturated rings. The Morgan fingerprint density at radius 2 is 1.77 bits per heavy atom. The second-order valence-corrected chi connectivity index (χ2v) is 10.3. The Morgan fingerprint density at radius 3 is 2.42 bits per heavy atom. The predicted octanol–water partition coefficient (Wildman–Crippen LogP) is 5.75. The summed E-state index contributed by atoms with van der Waals surface area (Å²) in [6.07, 6.45) is 8.50. The molecule has 0 aromatic heterocycles. The largest absolute Gasteiger partial charge is 0.491 e. The topological polar surface area (TPSA) is 42.0 Å². The van der Waals surface area contributed by atoms with E-state index in [9.17, 15) is 4.79 Å². The number of ether oxygens (including phenoxy) is 2. The summed E-state index contributed by atoms with van der Waals surface area (Å²) in [5.74, 6) is 2.49. The number of hydrogen-bond donors (Lipinski definition) is 0. The van der Waals surface area contributed by atoms with Gasteiger partial charge in [0.15, 0.2) is 0 Å². The summed E-state index contributed by atoms with van der Waals surface area (Å²) in [6, 6.07) is 6.38. The van der Waals surface area contributed by atoms with Crippen LogP contribution in [0.25, 0.3) is 0 Å². The van der Waals surface area contributed by atoms with Gasteiger partial charge in [-0.05, 0) is 114 Å². The van der Waals surface area contributed by atoms with Gasteiger partial charge in [0.25, 0.3) is 0 Å². The molecule has 3 rings (SSSR count). The fraction of sp³-hybridized carbons (Fsp3) is 0.720.